The minimum absolute atomic E-state index is 0.507. The normalized spacial score (nSPS) is 9.83. The largest absolute Gasteiger partial charge is 0.370 e. The molecule has 1 rings (SSSR count). The molecule has 0 aliphatic heterocycles. The van der Waals surface area contributed by atoms with E-state index < -0.39 is 0 Å². The molecule has 0 aliphatic rings. The van der Waals surface area contributed by atoms with Crippen LogP contribution in [0.15, 0.2) is 18.2 Å². The summed E-state index contributed by atoms with van der Waals surface area (Å²) in [6.45, 7) is 1.53. The van der Waals surface area contributed by atoms with Crippen LogP contribution in [0.4, 0.5) is 5.82 Å². The topological polar surface area (TPSA) is 50.9 Å². The number of halogens is 1. The van der Waals surface area contributed by atoms with E-state index in [4.69, 9.17) is 17.3 Å². The maximum absolute atomic E-state index is 5.68. The van der Waals surface area contributed by atoms with Gasteiger partial charge in [-0.15, -0.1) is 0 Å². The number of nitrogens with one attached hydrogen (secondary N) is 1. The Morgan fingerprint density at radius 2 is 2.33 bits per heavy atom. The number of hydrogen-bond acceptors (Lipinski definition) is 3. The summed E-state index contributed by atoms with van der Waals surface area (Å²) in [6, 6.07) is 5.48. The van der Waals surface area contributed by atoms with E-state index in [0.717, 1.165) is 18.8 Å². The molecule has 0 saturated heterocycles. The van der Waals surface area contributed by atoms with Crippen molar-refractivity contribution in [2.24, 2.45) is 5.73 Å². The maximum atomic E-state index is 5.68. The van der Waals surface area contributed by atoms with Crippen LogP contribution in [0.3, 0.4) is 0 Å². The molecule has 0 spiro atoms. The van der Waals surface area contributed by atoms with E-state index in [1.54, 1.807) is 6.07 Å². The van der Waals surface area contributed by atoms with Gasteiger partial charge < -0.3 is 11.1 Å². The van der Waals surface area contributed by atoms with Crippen LogP contribution >= 0.6 is 11.6 Å². The lowest BCUT2D eigenvalue weighted by Crippen LogP contribution is -2.09. The third kappa shape index (κ3) is 3.07. The number of nitrogens with two attached hydrogens (primary N) is 1. The first-order valence-electron chi connectivity index (χ1n) is 3.89. The molecule has 0 amide bonds. The molecule has 0 fully saturated rings. The lowest BCUT2D eigenvalue weighted by Gasteiger charge is -2.03. The molecule has 66 valence electrons. The van der Waals surface area contributed by atoms with Crippen molar-refractivity contribution < 1.29 is 0 Å². The van der Waals surface area contributed by atoms with Crippen LogP contribution in [0.1, 0.15) is 6.42 Å². The Bertz CT molecular complexity index is 239. The zero-order valence-corrected chi connectivity index (χ0v) is 7.51. The van der Waals surface area contributed by atoms with Crippen LogP contribution in [0.2, 0.25) is 5.15 Å². The van der Waals surface area contributed by atoms with Crippen molar-refractivity contribution in [3.63, 3.8) is 0 Å². The summed E-state index contributed by atoms with van der Waals surface area (Å²) in [5, 5.41) is 3.62. The number of hydrogen-bond donors (Lipinski definition) is 2. The van der Waals surface area contributed by atoms with Crippen molar-refractivity contribution in [3.05, 3.63) is 23.4 Å². The van der Waals surface area contributed by atoms with Gasteiger partial charge in [-0.2, -0.15) is 0 Å². The van der Waals surface area contributed by atoms with E-state index in [-0.39, 0.29) is 0 Å². The Hall–Kier alpha value is -0.800. The number of anilines is 1. The summed E-state index contributed by atoms with van der Waals surface area (Å²) in [6.07, 6.45) is 0.939. The van der Waals surface area contributed by atoms with E-state index in [2.05, 4.69) is 10.3 Å². The molecule has 12 heavy (non-hydrogen) atoms. The van der Waals surface area contributed by atoms with Gasteiger partial charge in [0, 0.05) is 6.54 Å². The fraction of sp³-hybridized carbons (Fsp3) is 0.375. The molecule has 0 aliphatic carbocycles. The van der Waals surface area contributed by atoms with Gasteiger partial charge in [-0.25, -0.2) is 4.98 Å². The van der Waals surface area contributed by atoms with Gasteiger partial charge in [-0.1, -0.05) is 17.7 Å². The smallest absolute Gasteiger partial charge is 0.131 e. The highest BCUT2D eigenvalue weighted by molar-refractivity contribution is 6.29. The molecule has 0 saturated carbocycles. The Kier molecular flexibility index (Phi) is 3.84. The second-order valence-corrected chi connectivity index (χ2v) is 2.80. The van der Waals surface area contributed by atoms with Gasteiger partial charge >= 0.3 is 0 Å². The molecule has 4 heteroatoms. The first kappa shape index (κ1) is 9.29. The fourth-order valence-electron chi connectivity index (χ4n) is 0.825. The highest BCUT2D eigenvalue weighted by Gasteiger charge is 1.92. The molecule has 0 radical (unpaired) electrons. The third-order valence-electron chi connectivity index (χ3n) is 1.40. The van der Waals surface area contributed by atoms with E-state index in [9.17, 15) is 0 Å². The van der Waals surface area contributed by atoms with Crippen molar-refractivity contribution in [2.75, 3.05) is 18.4 Å². The second kappa shape index (κ2) is 4.95. The first-order valence-corrected chi connectivity index (χ1v) is 4.27. The van der Waals surface area contributed by atoms with Crippen molar-refractivity contribution in [1.82, 2.24) is 4.98 Å². The van der Waals surface area contributed by atoms with Crippen molar-refractivity contribution in [1.29, 1.82) is 0 Å². The zero-order chi connectivity index (χ0) is 8.81. The van der Waals surface area contributed by atoms with E-state index in [1.807, 2.05) is 12.1 Å². The van der Waals surface area contributed by atoms with Gasteiger partial charge in [0.1, 0.15) is 11.0 Å². The van der Waals surface area contributed by atoms with Gasteiger partial charge in [-0.05, 0) is 25.1 Å². The minimum Gasteiger partial charge on any atom is -0.370 e. The van der Waals surface area contributed by atoms with Crippen molar-refractivity contribution in [3.8, 4) is 0 Å². The standard InChI is InChI=1S/C8H12ClN3/c9-7-3-1-4-8(12-7)11-6-2-5-10/h1,3-4H,2,5-6,10H2,(H,11,12). The third-order valence-corrected chi connectivity index (χ3v) is 1.61. The molecule has 1 aromatic rings. The first-order chi connectivity index (χ1) is 5.83. The van der Waals surface area contributed by atoms with Crippen LogP contribution in [0.25, 0.3) is 0 Å². The molecule has 0 unspecified atom stereocenters. The van der Waals surface area contributed by atoms with Crippen LogP contribution in [0, 0.1) is 0 Å². The summed E-state index contributed by atoms with van der Waals surface area (Å²) in [4.78, 5) is 4.06. The molecule has 1 aromatic heterocycles. The Balaban J connectivity index is 2.41. The SMILES string of the molecule is NCCCNc1cccc(Cl)n1. The molecular formula is C8H12ClN3. The number of aromatic nitrogens is 1. The summed E-state index contributed by atoms with van der Waals surface area (Å²) >= 11 is 5.68. The number of rotatable bonds is 4. The minimum atomic E-state index is 0.507. The van der Waals surface area contributed by atoms with Crippen LogP contribution in [-0.4, -0.2) is 18.1 Å². The molecule has 1 heterocycles. The molecule has 0 aromatic carbocycles. The van der Waals surface area contributed by atoms with E-state index in [0.29, 0.717) is 11.7 Å². The van der Waals surface area contributed by atoms with Crippen molar-refractivity contribution >= 4 is 17.4 Å². The molecule has 0 atom stereocenters. The summed E-state index contributed by atoms with van der Waals surface area (Å²) in [5.74, 6) is 0.802. The quantitative estimate of drug-likeness (QED) is 0.552. The highest BCUT2D eigenvalue weighted by Crippen LogP contribution is 2.08. The lowest BCUT2D eigenvalue weighted by molar-refractivity contribution is 0.870. The van der Waals surface area contributed by atoms with Crippen LogP contribution in [-0.2, 0) is 0 Å². The van der Waals surface area contributed by atoms with Gasteiger partial charge in [0.15, 0.2) is 0 Å². The highest BCUT2D eigenvalue weighted by atomic mass is 35.5. The Morgan fingerprint density at radius 3 is 3.00 bits per heavy atom. The van der Waals surface area contributed by atoms with Gasteiger partial charge in [0.05, 0.1) is 0 Å². The predicted octanol–water partition coefficient (Wildman–Crippen LogP) is 1.50. The van der Waals surface area contributed by atoms with Crippen molar-refractivity contribution in [2.45, 2.75) is 6.42 Å². The van der Waals surface area contributed by atoms with E-state index in [1.165, 1.54) is 0 Å². The average molecular weight is 186 g/mol. The van der Waals surface area contributed by atoms with E-state index >= 15 is 0 Å². The molecular weight excluding hydrogens is 174 g/mol. The van der Waals surface area contributed by atoms with Crippen LogP contribution in [0.5, 0.6) is 0 Å². The number of nitrogens with zero attached hydrogens (tertiary/aromatic N) is 1. The number of pyridine rings is 1. The predicted molar refractivity (Wildman–Crippen MR) is 51.4 cm³/mol. The van der Waals surface area contributed by atoms with Gasteiger partial charge in [0.2, 0.25) is 0 Å². The molecule has 3 nitrogen and oxygen atoms in total. The van der Waals surface area contributed by atoms with Gasteiger partial charge in [0.25, 0.3) is 0 Å². The molecule has 3 N–H and O–H groups in total. The Labute approximate surface area is 76.9 Å². The van der Waals surface area contributed by atoms with Gasteiger partial charge in [-0.3, -0.25) is 0 Å². The second-order valence-electron chi connectivity index (χ2n) is 2.41. The maximum Gasteiger partial charge on any atom is 0.131 e. The monoisotopic (exact) mass is 185 g/mol. The average Bonchev–Trinajstić information content (AvgIpc) is 2.05. The fourth-order valence-corrected chi connectivity index (χ4v) is 0.989. The zero-order valence-electron chi connectivity index (χ0n) is 6.76. The summed E-state index contributed by atoms with van der Waals surface area (Å²) in [7, 11) is 0. The summed E-state index contributed by atoms with van der Waals surface area (Å²) in [5.41, 5.74) is 5.34. The Morgan fingerprint density at radius 1 is 1.50 bits per heavy atom. The summed E-state index contributed by atoms with van der Waals surface area (Å²) < 4.78 is 0. The lowest BCUT2D eigenvalue weighted by atomic mass is 10.4. The molecule has 0 bridgehead atoms. The van der Waals surface area contributed by atoms with Crippen LogP contribution < -0.4 is 11.1 Å².